The van der Waals surface area contributed by atoms with E-state index in [0.717, 1.165) is 34.9 Å². The molecule has 0 amide bonds. The Bertz CT molecular complexity index is 793. The van der Waals surface area contributed by atoms with Gasteiger partial charge in [0.2, 0.25) is 0 Å². The third kappa shape index (κ3) is 4.23. The highest BCUT2D eigenvalue weighted by atomic mass is 16.5. The highest BCUT2D eigenvalue weighted by Crippen LogP contribution is 2.33. The molecule has 1 atom stereocenters. The molecule has 0 radical (unpaired) electrons. The highest BCUT2D eigenvalue weighted by molar-refractivity contribution is 6.09. The number of aromatic nitrogens is 1. The Morgan fingerprint density at radius 2 is 2.19 bits per heavy atom. The van der Waals surface area contributed by atoms with E-state index in [-0.39, 0.29) is 5.92 Å². The molecule has 5 heteroatoms. The Morgan fingerprint density at radius 3 is 2.81 bits per heavy atom. The average Bonchev–Trinajstić information content (AvgIpc) is 3.28. The lowest BCUT2D eigenvalue weighted by Crippen LogP contribution is -2.22. The molecule has 1 aromatic rings. The summed E-state index contributed by atoms with van der Waals surface area (Å²) in [6.45, 7) is 12.9. The summed E-state index contributed by atoms with van der Waals surface area (Å²) in [7, 11) is 2.05. The molecule has 2 heterocycles. The van der Waals surface area contributed by atoms with Crippen LogP contribution in [0.1, 0.15) is 26.5 Å². The van der Waals surface area contributed by atoms with Crippen molar-refractivity contribution in [3.05, 3.63) is 72.0 Å². The van der Waals surface area contributed by atoms with Crippen molar-refractivity contribution < 1.29 is 4.52 Å². The molecule has 1 unspecified atom stereocenters. The van der Waals surface area contributed by atoms with Crippen LogP contribution in [-0.2, 0) is 0 Å². The average molecular weight is 352 g/mol. The minimum atomic E-state index is 0.125. The first-order valence-electron chi connectivity index (χ1n) is 9.04. The second-order valence-corrected chi connectivity index (χ2v) is 5.85. The van der Waals surface area contributed by atoms with E-state index in [1.54, 1.807) is 0 Å². The zero-order valence-corrected chi connectivity index (χ0v) is 16.3. The smallest absolute Gasteiger partial charge is 0.174 e. The van der Waals surface area contributed by atoms with Gasteiger partial charge in [0.15, 0.2) is 5.82 Å². The van der Waals surface area contributed by atoms with Gasteiger partial charge in [-0.3, -0.25) is 4.99 Å². The van der Waals surface area contributed by atoms with Gasteiger partial charge in [0.1, 0.15) is 5.76 Å². The molecule has 0 spiro atoms. The number of fused-ring (bicyclic) bond motifs is 1. The molecule has 0 aromatic carbocycles. The van der Waals surface area contributed by atoms with Crippen LogP contribution >= 0.6 is 0 Å². The van der Waals surface area contributed by atoms with Gasteiger partial charge in [-0.15, -0.1) is 0 Å². The second kappa shape index (κ2) is 9.04. The molecule has 26 heavy (non-hydrogen) atoms. The molecule has 0 saturated heterocycles. The van der Waals surface area contributed by atoms with Crippen LogP contribution in [0.3, 0.4) is 0 Å². The number of allylic oxidation sites excluding steroid dienone is 7. The maximum atomic E-state index is 5.11. The van der Waals surface area contributed by atoms with Crippen molar-refractivity contribution in [3.8, 4) is 0 Å². The lowest BCUT2D eigenvalue weighted by molar-refractivity contribution is 0.400. The maximum absolute atomic E-state index is 5.11. The molecule has 0 fully saturated rings. The summed E-state index contributed by atoms with van der Waals surface area (Å²) in [5.74, 6) is 1.59. The van der Waals surface area contributed by atoms with E-state index in [1.165, 1.54) is 0 Å². The third-order valence-corrected chi connectivity index (χ3v) is 4.12. The number of aliphatic imine (C=N–C) groups is 1. The quantitative estimate of drug-likeness (QED) is 0.744. The topological polar surface area (TPSA) is 53.7 Å². The zero-order valence-electron chi connectivity index (χ0n) is 16.3. The van der Waals surface area contributed by atoms with Crippen LogP contribution in [0, 0.1) is 12.8 Å². The first-order valence-corrected chi connectivity index (χ1v) is 9.04. The second-order valence-electron chi connectivity index (χ2n) is 5.85. The van der Waals surface area contributed by atoms with Crippen molar-refractivity contribution in [1.82, 2.24) is 10.1 Å². The van der Waals surface area contributed by atoms with E-state index >= 15 is 0 Å². The van der Waals surface area contributed by atoms with Gasteiger partial charge < -0.3 is 14.7 Å². The van der Waals surface area contributed by atoms with Gasteiger partial charge in [-0.2, -0.15) is 0 Å². The Kier molecular flexibility index (Phi) is 6.78. The van der Waals surface area contributed by atoms with Crippen molar-refractivity contribution in [2.75, 3.05) is 18.9 Å². The first-order chi connectivity index (χ1) is 12.6. The predicted molar refractivity (Wildman–Crippen MR) is 109 cm³/mol. The van der Waals surface area contributed by atoms with E-state index in [0.29, 0.717) is 5.82 Å². The molecule has 138 valence electrons. The Morgan fingerprint density at radius 1 is 1.42 bits per heavy atom. The standard InChI is InChI=1S/C19H22N4O.C2H6/c1-5-14(12-23(4)6-2)16-11-20-19-15(16)8-7-9-17(19)21-18-10-13(3)24-22-18;1-2/h5,7-12,15H,1,6H2,2-4H3,(H,21,22);1-2H3/b14-12+;. The van der Waals surface area contributed by atoms with Gasteiger partial charge in [-0.05, 0) is 31.1 Å². The third-order valence-electron chi connectivity index (χ3n) is 4.12. The van der Waals surface area contributed by atoms with E-state index in [4.69, 9.17) is 4.52 Å². The van der Waals surface area contributed by atoms with Crippen LogP contribution in [-0.4, -0.2) is 29.4 Å². The molecule has 1 N–H and O–H groups in total. The summed E-state index contributed by atoms with van der Waals surface area (Å²) in [6, 6.07) is 1.86. The molecule has 3 rings (SSSR count). The van der Waals surface area contributed by atoms with Gasteiger partial charge in [0.05, 0.1) is 11.4 Å². The summed E-state index contributed by atoms with van der Waals surface area (Å²) >= 11 is 0. The maximum Gasteiger partial charge on any atom is 0.174 e. The van der Waals surface area contributed by atoms with E-state index in [2.05, 4.69) is 53.2 Å². The van der Waals surface area contributed by atoms with Crippen molar-refractivity contribution in [1.29, 1.82) is 0 Å². The normalized spacial score (nSPS) is 18.1. The van der Waals surface area contributed by atoms with Gasteiger partial charge in [0, 0.05) is 38.0 Å². The van der Waals surface area contributed by atoms with E-state index in [9.17, 15) is 0 Å². The number of nitrogens with one attached hydrogen (secondary N) is 1. The fourth-order valence-electron chi connectivity index (χ4n) is 2.72. The summed E-state index contributed by atoms with van der Waals surface area (Å²) in [4.78, 5) is 6.77. The first kappa shape index (κ1) is 19.5. The molecular weight excluding hydrogens is 324 g/mol. The van der Waals surface area contributed by atoms with Gasteiger partial charge in [0.25, 0.3) is 0 Å². The Balaban J connectivity index is 0.00000117. The number of nitrogens with zero attached hydrogens (tertiary/aromatic N) is 3. The van der Waals surface area contributed by atoms with Gasteiger partial charge in [-0.25, -0.2) is 0 Å². The highest BCUT2D eigenvalue weighted by Gasteiger charge is 2.29. The van der Waals surface area contributed by atoms with Crippen molar-refractivity contribution in [2.45, 2.75) is 27.7 Å². The molecule has 1 aliphatic carbocycles. The Labute approximate surface area is 156 Å². The zero-order chi connectivity index (χ0) is 19.1. The minimum absolute atomic E-state index is 0.125. The van der Waals surface area contributed by atoms with E-state index in [1.807, 2.05) is 51.3 Å². The van der Waals surface area contributed by atoms with Crippen LogP contribution < -0.4 is 5.32 Å². The number of anilines is 1. The van der Waals surface area contributed by atoms with Crippen molar-refractivity contribution in [3.63, 3.8) is 0 Å². The fraction of sp³-hybridized carbons (Fsp3) is 0.333. The molecule has 0 saturated carbocycles. The summed E-state index contributed by atoms with van der Waals surface area (Å²) in [5, 5.41) is 7.28. The SMILES string of the molecule is C=C/C(=C\N(C)CC)C1=CN=C2C(Nc3cc(C)on3)=CC=CC12.CC. The van der Waals surface area contributed by atoms with Crippen molar-refractivity contribution >= 4 is 11.5 Å². The number of rotatable bonds is 6. The molecule has 5 nitrogen and oxygen atoms in total. The van der Waals surface area contributed by atoms with Crippen LogP contribution in [0.4, 0.5) is 5.82 Å². The molecular formula is C21H28N4O. The predicted octanol–water partition coefficient (Wildman–Crippen LogP) is 4.85. The monoisotopic (exact) mass is 352 g/mol. The van der Waals surface area contributed by atoms with Crippen LogP contribution in [0.5, 0.6) is 0 Å². The number of hydrogen-bond acceptors (Lipinski definition) is 5. The minimum Gasteiger partial charge on any atom is -0.380 e. The van der Waals surface area contributed by atoms with Crippen LogP contribution in [0.2, 0.25) is 0 Å². The fourth-order valence-corrected chi connectivity index (χ4v) is 2.72. The lowest BCUT2D eigenvalue weighted by atomic mass is 9.87. The summed E-state index contributed by atoms with van der Waals surface area (Å²) < 4.78 is 5.11. The van der Waals surface area contributed by atoms with Gasteiger partial charge in [-0.1, -0.05) is 43.8 Å². The van der Waals surface area contributed by atoms with Crippen LogP contribution in [0.15, 0.2) is 75.7 Å². The van der Waals surface area contributed by atoms with E-state index < -0.39 is 0 Å². The molecule has 1 aliphatic heterocycles. The summed E-state index contributed by atoms with van der Waals surface area (Å²) in [5.41, 5.74) is 4.17. The van der Waals surface area contributed by atoms with Gasteiger partial charge >= 0.3 is 0 Å². The molecule has 2 aliphatic rings. The lowest BCUT2D eigenvalue weighted by Gasteiger charge is -2.21. The van der Waals surface area contributed by atoms with Crippen LogP contribution in [0.25, 0.3) is 0 Å². The molecule has 0 bridgehead atoms. The largest absolute Gasteiger partial charge is 0.380 e. The van der Waals surface area contributed by atoms with Crippen molar-refractivity contribution in [2.24, 2.45) is 10.9 Å². The number of hydrogen-bond donors (Lipinski definition) is 1. The molecule has 1 aromatic heterocycles. The summed E-state index contributed by atoms with van der Waals surface area (Å²) in [6.07, 6.45) is 12.1. The Hall–Kier alpha value is -2.82. The number of aryl methyl sites for hydroxylation is 1.